The highest BCUT2D eigenvalue weighted by Crippen LogP contribution is 2.18. The van der Waals surface area contributed by atoms with Gasteiger partial charge in [0.25, 0.3) is 5.69 Å². The van der Waals surface area contributed by atoms with E-state index in [4.69, 9.17) is 0 Å². The first-order chi connectivity index (χ1) is 8.15. The number of nitrogens with zero attached hydrogens (tertiary/aromatic N) is 2. The monoisotopic (exact) mass is 228 g/mol. The van der Waals surface area contributed by atoms with E-state index < -0.39 is 4.92 Å². The number of benzene rings is 1. The number of hydrogen-bond donors (Lipinski definition) is 0. The average molecular weight is 228 g/mol. The first-order valence-corrected chi connectivity index (χ1v) is 4.88. The molecule has 0 aromatic heterocycles. The van der Waals surface area contributed by atoms with Crippen LogP contribution in [-0.2, 0) is 4.79 Å². The minimum atomic E-state index is -0.462. The third-order valence-corrected chi connectivity index (χ3v) is 2.16. The maximum atomic E-state index is 10.9. The molecule has 1 aliphatic carbocycles. The minimum absolute atomic E-state index is 0.0267. The van der Waals surface area contributed by atoms with Crippen LogP contribution < -0.4 is 0 Å². The molecule has 0 aliphatic heterocycles. The molecule has 5 heteroatoms. The van der Waals surface area contributed by atoms with Crippen molar-refractivity contribution in [2.24, 2.45) is 4.99 Å². The second kappa shape index (κ2) is 4.52. The van der Waals surface area contributed by atoms with Gasteiger partial charge in [-0.3, -0.25) is 14.9 Å². The number of non-ortho nitro benzene ring substituents is 1. The fourth-order valence-electron chi connectivity index (χ4n) is 1.32. The van der Waals surface area contributed by atoms with E-state index in [9.17, 15) is 14.9 Å². The van der Waals surface area contributed by atoms with Gasteiger partial charge in [-0.15, -0.1) is 0 Å². The first-order valence-electron chi connectivity index (χ1n) is 4.88. The Labute approximate surface area is 96.9 Å². The number of carbonyl (C=O) groups excluding carboxylic acids is 1. The van der Waals surface area contributed by atoms with Crippen LogP contribution >= 0.6 is 0 Å². The van der Waals surface area contributed by atoms with E-state index in [2.05, 4.69) is 4.99 Å². The van der Waals surface area contributed by atoms with Gasteiger partial charge in [0.05, 0.1) is 16.3 Å². The van der Waals surface area contributed by atoms with Crippen LogP contribution in [0.4, 0.5) is 11.4 Å². The lowest BCUT2D eigenvalue weighted by Gasteiger charge is -1.99. The molecule has 1 aromatic carbocycles. The second-order valence-corrected chi connectivity index (χ2v) is 3.38. The van der Waals surface area contributed by atoms with Gasteiger partial charge in [0.2, 0.25) is 0 Å². The molecule has 1 aliphatic rings. The van der Waals surface area contributed by atoms with E-state index in [1.807, 2.05) is 0 Å². The number of allylic oxidation sites excluding steroid dienone is 4. The summed E-state index contributed by atoms with van der Waals surface area (Å²) >= 11 is 0. The van der Waals surface area contributed by atoms with Gasteiger partial charge in [-0.2, -0.15) is 0 Å². The summed E-state index contributed by atoms with van der Waals surface area (Å²) in [5.74, 6) is -0.0763. The van der Waals surface area contributed by atoms with E-state index in [1.54, 1.807) is 24.3 Å². The fourth-order valence-corrected chi connectivity index (χ4v) is 1.32. The maximum Gasteiger partial charge on any atom is 0.269 e. The summed E-state index contributed by atoms with van der Waals surface area (Å²) in [4.78, 5) is 25.1. The fraction of sp³-hybridized carbons (Fsp3) is 0. The summed E-state index contributed by atoms with van der Waals surface area (Å²) in [5.41, 5.74) is 1.27. The van der Waals surface area contributed by atoms with Crippen molar-refractivity contribution in [1.82, 2.24) is 0 Å². The topological polar surface area (TPSA) is 72.6 Å². The van der Waals surface area contributed by atoms with E-state index in [0.29, 0.717) is 11.4 Å². The van der Waals surface area contributed by atoms with Gasteiger partial charge in [0.1, 0.15) is 0 Å². The number of ketones is 1. The van der Waals surface area contributed by atoms with Crippen LogP contribution in [0.3, 0.4) is 0 Å². The van der Waals surface area contributed by atoms with Crippen molar-refractivity contribution in [3.63, 3.8) is 0 Å². The van der Waals surface area contributed by atoms with E-state index in [0.717, 1.165) is 0 Å². The van der Waals surface area contributed by atoms with Gasteiger partial charge in [-0.05, 0) is 36.4 Å². The predicted molar refractivity (Wildman–Crippen MR) is 63.5 cm³/mol. The highest BCUT2D eigenvalue weighted by Gasteiger charge is 2.04. The van der Waals surface area contributed by atoms with E-state index in [1.165, 1.54) is 24.3 Å². The molecule has 17 heavy (non-hydrogen) atoms. The zero-order valence-corrected chi connectivity index (χ0v) is 8.74. The normalized spacial score (nSPS) is 13.9. The quantitative estimate of drug-likeness (QED) is 0.443. The molecule has 0 radical (unpaired) electrons. The lowest BCUT2D eigenvalue weighted by atomic mass is 10.1. The number of rotatable bonds is 2. The summed E-state index contributed by atoms with van der Waals surface area (Å²) in [6.07, 6.45) is 6.04. The second-order valence-electron chi connectivity index (χ2n) is 3.38. The standard InChI is InChI=1S/C12H8N2O3/c15-12-7-3-10(4-8-12)13-9-1-5-11(6-2-9)14(16)17/h1-8H. The van der Waals surface area contributed by atoms with Crippen molar-refractivity contribution >= 4 is 22.9 Å². The maximum absolute atomic E-state index is 10.9. The Hall–Kier alpha value is -2.56. The Bertz CT molecular complexity index is 536. The Morgan fingerprint density at radius 1 is 1.00 bits per heavy atom. The summed E-state index contributed by atoms with van der Waals surface area (Å²) in [6, 6.07) is 5.90. The summed E-state index contributed by atoms with van der Waals surface area (Å²) in [6.45, 7) is 0. The predicted octanol–water partition coefficient (Wildman–Crippen LogP) is 2.36. The van der Waals surface area contributed by atoms with Gasteiger partial charge < -0.3 is 0 Å². The summed E-state index contributed by atoms with van der Waals surface area (Å²) < 4.78 is 0. The molecule has 0 fully saturated rings. The van der Waals surface area contributed by atoms with Gasteiger partial charge in [-0.25, -0.2) is 4.99 Å². The Morgan fingerprint density at radius 2 is 1.59 bits per heavy atom. The number of nitro benzene ring substituents is 1. The molecule has 0 amide bonds. The molecule has 0 unspecified atom stereocenters. The summed E-state index contributed by atoms with van der Waals surface area (Å²) in [7, 11) is 0. The third-order valence-electron chi connectivity index (χ3n) is 2.16. The van der Waals surface area contributed by atoms with Gasteiger partial charge in [-0.1, -0.05) is 0 Å². The minimum Gasteiger partial charge on any atom is -0.290 e. The van der Waals surface area contributed by atoms with Crippen LogP contribution in [0.2, 0.25) is 0 Å². The van der Waals surface area contributed by atoms with Crippen molar-refractivity contribution in [3.8, 4) is 0 Å². The lowest BCUT2D eigenvalue weighted by Crippen LogP contribution is -1.98. The van der Waals surface area contributed by atoms with Crippen molar-refractivity contribution in [2.45, 2.75) is 0 Å². The van der Waals surface area contributed by atoms with Gasteiger partial charge in [0, 0.05) is 12.1 Å². The van der Waals surface area contributed by atoms with Crippen LogP contribution in [0.25, 0.3) is 0 Å². The third kappa shape index (κ3) is 2.72. The molecular weight excluding hydrogens is 220 g/mol. The van der Waals surface area contributed by atoms with Crippen LogP contribution in [0.1, 0.15) is 0 Å². The van der Waals surface area contributed by atoms with E-state index >= 15 is 0 Å². The van der Waals surface area contributed by atoms with Crippen molar-refractivity contribution in [3.05, 3.63) is 58.7 Å². The Kier molecular flexibility index (Phi) is 2.91. The SMILES string of the molecule is O=C1C=CC(=Nc2ccc([N+](=O)[O-])cc2)C=C1. The Balaban J connectivity index is 2.22. The van der Waals surface area contributed by atoms with Gasteiger partial charge in [0.15, 0.2) is 5.78 Å². The largest absolute Gasteiger partial charge is 0.290 e. The lowest BCUT2D eigenvalue weighted by molar-refractivity contribution is -0.384. The van der Waals surface area contributed by atoms with Crippen LogP contribution in [0.5, 0.6) is 0 Å². The Morgan fingerprint density at radius 3 is 2.12 bits per heavy atom. The molecule has 1 aromatic rings. The van der Waals surface area contributed by atoms with Crippen molar-refractivity contribution < 1.29 is 9.72 Å². The molecule has 0 saturated carbocycles. The number of carbonyl (C=O) groups is 1. The number of nitro groups is 1. The molecule has 0 N–H and O–H groups in total. The highest BCUT2D eigenvalue weighted by molar-refractivity contribution is 6.17. The average Bonchev–Trinajstić information content (AvgIpc) is 2.33. The molecule has 0 heterocycles. The van der Waals surface area contributed by atoms with Crippen molar-refractivity contribution in [2.75, 3.05) is 0 Å². The zero-order valence-electron chi connectivity index (χ0n) is 8.74. The van der Waals surface area contributed by atoms with Crippen LogP contribution in [0.15, 0.2) is 53.6 Å². The smallest absolute Gasteiger partial charge is 0.269 e. The molecular formula is C12H8N2O3. The first kappa shape index (κ1) is 10.9. The molecule has 0 spiro atoms. The number of hydrogen-bond acceptors (Lipinski definition) is 4. The molecule has 84 valence electrons. The summed E-state index contributed by atoms with van der Waals surface area (Å²) in [5, 5.41) is 10.4. The molecule has 5 nitrogen and oxygen atoms in total. The van der Waals surface area contributed by atoms with Crippen molar-refractivity contribution in [1.29, 1.82) is 0 Å². The van der Waals surface area contributed by atoms with Crippen LogP contribution in [-0.4, -0.2) is 16.4 Å². The van der Waals surface area contributed by atoms with Gasteiger partial charge >= 0.3 is 0 Å². The molecule has 0 atom stereocenters. The molecule has 0 bridgehead atoms. The zero-order chi connectivity index (χ0) is 12.3. The molecule has 2 rings (SSSR count). The molecule has 0 saturated heterocycles. The van der Waals surface area contributed by atoms with Crippen LogP contribution in [0, 0.1) is 10.1 Å². The number of aliphatic imine (C=N–C) groups is 1. The van der Waals surface area contributed by atoms with E-state index in [-0.39, 0.29) is 11.5 Å². The highest BCUT2D eigenvalue weighted by atomic mass is 16.6.